The summed E-state index contributed by atoms with van der Waals surface area (Å²) in [6.07, 6.45) is 1.14. The van der Waals surface area contributed by atoms with Crippen molar-refractivity contribution in [2.75, 3.05) is 0 Å². The molecule has 0 aromatic carbocycles. The van der Waals surface area contributed by atoms with Crippen molar-refractivity contribution in [1.29, 1.82) is 0 Å². The Morgan fingerprint density at radius 2 is 2.14 bits per heavy atom. The molecule has 0 bridgehead atoms. The first-order valence-corrected chi connectivity index (χ1v) is 3.14. The van der Waals surface area contributed by atoms with E-state index in [0.29, 0.717) is 0 Å². The van der Waals surface area contributed by atoms with Gasteiger partial charge >= 0.3 is 0 Å². The number of hydrogen-bond donors (Lipinski definition) is 0. The van der Waals surface area contributed by atoms with Crippen LogP contribution in [-0.2, 0) is 9.09 Å². The molecule has 0 amide bonds. The molecule has 0 aliphatic rings. The van der Waals surface area contributed by atoms with Gasteiger partial charge in [-0.15, -0.1) is 0 Å². The van der Waals surface area contributed by atoms with E-state index in [4.69, 9.17) is 0 Å². The Labute approximate surface area is 43.4 Å². The van der Waals surface area contributed by atoms with Crippen molar-refractivity contribution in [3.63, 3.8) is 0 Å². The molecule has 0 aliphatic heterocycles. The summed E-state index contributed by atoms with van der Waals surface area (Å²) in [4.78, 5) is 0. The first-order chi connectivity index (χ1) is 3.31. The summed E-state index contributed by atoms with van der Waals surface area (Å²) >= 11 is 0. The average Bonchev–Trinajstić information content (AvgIpc) is 1.68. The molecular weight excluding hydrogens is 111 g/mol. The van der Waals surface area contributed by atoms with Crippen LogP contribution in [0.5, 0.6) is 0 Å². The summed E-state index contributed by atoms with van der Waals surface area (Å²) in [5.74, 6) is 1.26. The fourth-order valence-corrected chi connectivity index (χ4v) is 0.391. The minimum Gasteiger partial charge on any atom is -0.451 e. The molecule has 0 aromatic heterocycles. The standard InChI is InChI=1S/C4H7O2P/c1-3-6-7(5)4-2/h3-4,7H,1-2H2. The Morgan fingerprint density at radius 3 is 2.29 bits per heavy atom. The van der Waals surface area contributed by atoms with Gasteiger partial charge in [0.15, 0.2) is 0 Å². The van der Waals surface area contributed by atoms with Crippen LogP contribution in [-0.4, -0.2) is 0 Å². The highest BCUT2D eigenvalue weighted by molar-refractivity contribution is 7.42. The molecule has 0 spiro atoms. The topological polar surface area (TPSA) is 26.3 Å². The summed E-state index contributed by atoms with van der Waals surface area (Å²) in [6, 6.07) is 0. The molecule has 7 heavy (non-hydrogen) atoms. The molecular formula is C4H7O2P. The number of rotatable bonds is 3. The molecule has 0 aliphatic carbocycles. The zero-order valence-corrected chi connectivity index (χ0v) is 4.89. The van der Waals surface area contributed by atoms with Gasteiger partial charge in [-0.05, 0) is 0 Å². The maximum atomic E-state index is 10.2. The molecule has 40 valence electrons. The second-order valence-corrected chi connectivity index (χ2v) is 2.09. The largest absolute Gasteiger partial charge is 0.451 e. The lowest BCUT2D eigenvalue weighted by Gasteiger charge is -1.88. The van der Waals surface area contributed by atoms with E-state index in [1.165, 1.54) is 5.82 Å². The van der Waals surface area contributed by atoms with E-state index >= 15 is 0 Å². The molecule has 0 aromatic rings. The lowest BCUT2D eigenvalue weighted by Crippen LogP contribution is -1.54. The van der Waals surface area contributed by atoms with Gasteiger partial charge in [-0.3, -0.25) is 4.57 Å². The first-order valence-electron chi connectivity index (χ1n) is 1.75. The van der Waals surface area contributed by atoms with Gasteiger partial charge in [0.1, 0.15) is 0 Å². The summed E-state index contributed by atoms with van der Waals surface area (Å²) < 4.78 is 14.6. The minimum absolute atomic E-state index is 1.14. The van der Waals surface area contributed by atoms with Crippen molar-refractivity contribution in [2.45, 2.75) is 0 Å². The molecule has 0 radical (unpaired) electrons. The van der Waals surface area contributed by atoms with Gasteiger partial charge < -0.3 is 4.52 Å². The smallest absolute Gasteiger partial charge is 0.257 e. The monoisotopic (exact) mass is 118 g/mol. The van der Waals surface area contributed by atoms with E-state index in [9.17, 15) is 4.57 Å². The molecule has 0 heterocycles. The van der Waals surface area contributed by atoms with Crippen LogP contribution in [0.4, 0.5) is 0 Å². The van der Waals surface area contributed by atoms with Gasteiger partial charge in [-0.1, -0.05) is 13.2 Å². The zero-order valence-electron chi connectivity index (χ0n) is 3.89. The van der Waals surface area contributed by atoms with Crippen LogP contribution in [0.25, 0.3) is 0 Å². The molecule has 1 atom stereocenters. The van der Waals surface area contributed by atoms with Crippen LogP contribution < -0.4 is 0 Å². The molecule has 0 fully saturated rings. The van der Waals surface area contributed by atoms with Crippen molar-refractivity contribution < 1.29 is 9.09 Å². The third-order valence-corrected chi connectivity index (χ3v) is 1.10. The summed E-state index contributed by atoms with van der Waals surface area (Å²) in [5.41, 5.74) is 0. The second kappa shape index (κ2) is 3.69. The summed E-state index contributed by atoms with van der Waals surface area (Å²) in [5, 5.41) is 0. The van der Waals surface area contributed by atoms with E-state index in [1.807, 2.05) is 0 Å². The van der Waals surface area contributed by atoms with Gasteiger partial charge in [-0.25, -0.2) is 0 Å². The highest BCUT2D eigenvalue weighted by Crippen LogP contribution is 2.21. The summed E-state index contributed by atoms with van der Waals surface area (Å²) in [6.45, 7) is 6.44. The van der Waals surface area contributed by atoms with Crippen molar-refractivity contribution >= 4 is 8.03 Å². The molecule has 0 rings (SSSR count). The Morgan fingerprint density at radius 1 is 1.57 bits per heavy atom. The highest BCUT2D eigenvalue weighted by Gasteiger charge is 1.80. The van der Waals surface area contributed by atoms with Gasteiger partial charge in [0.2, 0.25) is 0 Å². The van der Waals surface area contributed by atoms with Crippen LogP contribution in [0.1, 0.15) is 0 Å². The Hall–Kier alpha value is -0.490. The average molecular weight is 118 g/mol. The Balaban J connectivity index is 3.36. The molecule has 0 saturated heterocycles. The highest BCUT2D eigenvalue weighted by atomic mass is 31.1. The number of hydrogen-bond acceptors (Lipinski definition) is 2. The quantitative estimate of drug-likeness (QED) is 0.417. The van der Waals surface area contributed by atoms with Gasteiger partial charge in [0, 0.05) is 5.82 Å². The van der Waals surface area contributed by atoms with Crippen molar-refractivity contribution in [3.8, 4) is 0 Å². The van der Waals surface area contributed by atoms with Crippen LogP contribution in [0.2, 0.25) is 0 Å². The predicted molar refractivity (Wildman–Crippen MR) is 30.5 cm³/mol. The fraction of sp³-hybridized carbons (Fsp3) is 0. The van der Waals surface area contributed by atoms with Gasteiger partial charge in [-0.2, -0.15) is 0 Å². The molecule has 3 heteroatoms. The van der Waals surface area contributed by atoms with Crippen molar-refractivity contribution in [2.24, 2.45) is 0 Å². The SMILES string of the molecule is C=CO[PH](=O)C=C. The van der Waals surface area contributed by atoms with Crippen molar-refractivity contribution in [1.82, 2.24) is 0 Å². The lowest BCUT2D eigenvalue weighted by molar-refractivity contribution is 0.473. The Kier molecular flexibility index (Phi) is 3.43. The fourth-order valence-electron chi connectivity index (χ4n) is 0.130. The zero-order chi connectivity index (χ0) is 5.70. The van der Waals surface area contributed by atoms with Crippen LogP contribution >= 0.6 is 8.03 Å². The van der Waals surface area contributed by atoms with E-state index in [0.717, 1.165) is 6.26 Å². The van der Waals surface area contributed by atoms with Crippen LogP contribution in [0.15, 0.2) is 25.2 Å². The lowest BCUT2D eigenvalue weighted by atomic mass is 11.2. The third-order valence-electron chi connectivity index (χ3n) is 0.366. The Bertz CT molecular complexity index is 97.9. The van der Waals surface area contributed by atoms with E-state index in [1.54, 1.807) is 0 Å². The second-order valence-electron chi connectivity index (χ2n) is 0.808. The molecule has 1 unspecified atom stereocenters. The van der Waals surface area contributed by atoms with E-state index in [-0.39, 0.29) is 0 Å². The molecule has 0 saturated carbocycles. The molecule has 0 N–H and O–H groups in total. The van der Waals surface area contributed by atoms with Crippen LogP contribution in [0.3, 0.4) is 0 Å². The first kappa shape index (κ1) is 6.51. The predicted octanol–water partition coefficient (Wildman–Crippen LogP) is 1.76. The van der Waals surface area contributed by atoms with Crippen LogP contribution in [0, 0.1) is 0 Å². The van der Waals surface area contributed by atoms with Crippen molar-refractivity contribution in [3.05, 3.63) is 25.2 Å². The van der Waals surface area contributed by atoms with E-state index < -0.39 is 8.03 Å². The van der Waals surface area contributed by atoms with E-state index in [2.05, 4.69) is 17.7 Å². The summed E-state index contributed by atoms with van der Waals surface area (Å²) in [7, 11) is -1.98. The molecule has 2 nitrogen and oxygen atoms in total. The maximum Gasteiger partial charge on any atom is 0.257 e. The maximum absolute atomic E-state index is 10.2. The van der Waals surface area contributed by atoms with Gasteiger partial charge in [0.25, 0.3) is 8.03 Å². The normalized spacial score (nSPS) is 12.0. The van der Waals surface area contributed by atoms with Gasteiger partial charge in [0.05, 0.1) is 6.26 Å². The minimum atomic E-state index is -1.98. The third kappa shape index (κ3) is 3.34.